The lowest BCUT2D eigenvalue weighted by atomic mass is 10.1. The SMILES string of the molecule is CN1CCC2CN([C@H]3Cc4c(Cl)cc(Cl)cc4[C@@H]3Oc3ccc(S(C)(=O)=O)cc3)CC21. The van der Waals surface area contributed by atoms with Crippen molar-refractivity contribution < 1.29 is 13.2 Å². The molecule has 31 heavy (non-hydrogen) atoms. The summed E-state index contributed by atoms with van der Waals surface area (Å²) in [5.41, 5.74) is 2.12. The number of sulfone groups is 1. The molecule has 0 radical (unpaired) electrons. The minimum atomic E-state index is -3.25. The number of rotatable bonds is 4. The number of likely N-dealkylation sites (tertiary alicyclic amines) is 2. The van der Waals surface area contributed by atoms with Crippen molar-refractivity contribution in [3.63, 3.8) is 0 Å². The first kappa shape index (κ1) is 21.5. The van der Waals surface area contributed by atoms with Gasteiger partial charge in [-0.15, -0.1) is 0 Å². The molecule has 3 aliphatic rings. The number of hydrogen-bond acceptors (Lipinski definition) is 5. The Labute approximate surface area is 193 Å². The maximum atomic E-state index is 11.8. The van der Waals surface area contributed by atoms with Crippen molar-refractivity contribution in [2.45, 2.75) is 35.9 Å². The van der Waals surface area contributed by atoms with Gasteiger partial charge in [-0.3, -0.25) is 4.90 Å². The Balaban J connectivity index is 1.46. The van der Waals surface area contributed by atoms with Crippen molar-refractivity contribution in [1.29, 1.82) is 0 Å². The molecule has 4 atom stereocenters. The van der Waals surface area contributed by atoms with Crippen LogP contribution in [-0.4, -0.2) is 63.2 Å². The Morgan fingerprint density at radius 1 is 1.06 bits per heavy atom. The first-order valence-electron chi connectivity index (χ1n) is 10.6. The summed E-state index contributed by atoms with van der Waals surface area (Å²) < 4.78 is 30.1. The maximum Gasteiger partial charge on any atom is 0.175 e. The lowest BCUT2D eigenvalue weighted by Gasteiger charge is -2.31. The van der Waals surface area contributed by atoms with Gasteiger partial charge in [-0.25, -0.2) is 8.42 Å². The molecule has 1 aliphatic carbocycles. The zero-order chi connectivity index (χ0) is 21.9. The lowest BCUT2D eigenvalue weighted by Crippen LogP contribution is -2.41. The minimum absolute atomic E-state index is 0.166. The highest BCUT2D eigenvalue weighted by Gasteiger charge is 2.47. The monoisotopic (exact) mass is 480 g/mol. The van der Waals surface area contributed by atoms with Gasteiger partial charge in [-0.1, -0.05) is 23.2 Å². The van der Waals surface area contributed by atoms with Gasteiger partial charge in [0, 0.05) is 41.0 Å². The summed E-state index contributed by atoms with van der Waals surface area (Å²) in [6.07, 6.45) is 3.06. The van der Waals surface area contributed by atoms with Crippen molar-refractivity contribution in [3.05, 3.63) is 57.6 Å². The molecule has 8 heteroatoms. The van der Waals surface area contributed by atoms with Crippen molar-refractivity contribution in [2.24, 2.45) is 5.92 Å². The second kappa shape index (κ2) is 7.92. The van der Waals surface area contributed by atoms with E-state index >= 15 is 0 Å². The Kier molecular flexibility index (Phi) is 5.50. The van der Waals surface area contributed by atoms with E-state index in [2.05, 4.69) is 16.8 Å². The molecule has 2 unspecified atom stereocenters. The van der Waals surface area contributed by atoms with Crippen LogP contribution >= 0.6 is 23.2 Å². The summed E-state index contributed by atoms with van der Waals surface area (Å²) in [4.78, 5) is 5.30. The van der Waals surface area contributed by atoms with E-state index in [-0.39, 0.29) is 17.0 Å². The fraction of sp³-hybridized carbons (Fsp3) is 0.478. The summed E-state index contributed by atoms with van der Waals surface area (Å²) in [5, 5.41) is 1.28. The van der Waals surface area contributed by atoms with Crippen LogP contribution < -0.4 is 4.74 Å². The molecule has 2 fully saturated rings. The maximum absolute atomic E-state index is 11.8. The molecular weight excluding hydrogens is 455 g/mol. The molecule has 2 aliphatic heterocycles. The molecule has 0 saturated carbocycles. The van der Waals surface area contributed by atoms with Gasteiger partial charge >= 0.3 is 0 Å². The van der Waals surface area contributed by atoms with E-state index in [0.717, 1.165) is 30.6 Å². The van der Waals surface area contributed by atoms with Crippen LogP contribution in [0, 0.1) is 5.92 Å². The molecule has 166 valence electrons. The minimum Gasteiger partial charge on any atom is -0.484 e. The first-order chi connectivity index (χ1) is 14.7. The number of hydrogen-bond donors (Lipinski definition) is 0. The highest BCUT2D eigenvalue weighted by Crippen LogP contribution is 2.45. The average Bonchev–Trinajstić information content (AvgIpc) is 3.37. The number of halogens is 2. The highest BCUT2D eigenvalue weighted by atomic mass is 35.5. The molecule has 2 saturated heterocycles. The standard InChI is InChI=1S/C23H26Cl2N2O3S/c1-26-8-7-14-12-27(13-22(14)26)21-11-18-19(9-15(24)10-20(18)25)23(21)30-16-3-5-17(6-4-16)31(2,28)29/h3-6,9-10,14,21-23H,7-8,11-13H2,1-2H3/t14?,21-,22?,23-/m0/s1. The molecule has 2 heterocycles. The lowest BCUT2D eigenvalue weighted by molar-refractivity contribution is 0.0857. The van der Waals surface area contributed by atoms with Crippen LogP contribution in [0.1, 0.15) is 23.7 Å². The van der Waals surface area contributed by atoms with Crippen molar-refractivity contribution in [3.8, 4) is 5.75 Å². The molecular formula is C23H26Cl2N2O3S. The van der Waals surface area contributed by atoms with E-state index in [1.165, 1.54) is 19.2 Å². The zero-order valence-electron chi connectivity index (χ0n) is 17.6. The summed E-state index contributed by atoms with van der Waals surface area (Å²) in [6, 6.07) is 11.2. The predicted octanol–water partition coefficient (Wildman–Crippen LogP) is 4.08. The molecule has 2 aromatic rings. The molecule has 5 nitrogen and oxygen atoms in total. The van der Waals surface area contributed by atoms with Crippen molar-refractivity contribution in [2.75, 3.05) is 32.9 Å². The number of nitrogens with zero attached hydrogens (tertiary/aromatic N) is 2. The zero-order valence-corrected chi connectivity index (χ0v) is 19.9. The molecule has 0 aromatic heterocycles. The van der Waals surface area contributed by atoms with Gasteiger partial charge < -0.3 is 9.64 Å². The third-order valence-corrected chi connectivity index (χ3v) is 8.79. The van der Waals surface area contributed by atoms with E-state index in [9.17, 15) is 8.42 Å². The third-order valence-electron chi connectivity index (χ3n) is 7.10. The largest absolute Gasteiger partial charge is 0.484 e. The Morgan fingerprint density at radius 2 is 1.81 bits per heavy atom. The van der Waals surface area contributed by atoms with Crippen LogP contribution in [0.5, 0.6) is 5.75 Å². The van der Waals surface area contributed by atoms with Gasteiger partial charge in [-0.2, -0.15) is 0 Å². The van der Waals surface area contributed by atoms with Crippen LogP contribution in [0.3, 0.4) is 0 Å². The van der Waals surface area contributed by atoms with Crippen molar-refractivity contribution in [1.82, 2.24) is 9.80 Å². The number of likely N-dealkylation sites (N-methyl/N-ethyl adjacent to an activating group) is 1. The van der Waals surface area contributed by atoms with E-state index in [1.807, 2.05) is 6.07 Å². The van der Waals surface area contributed by atoms with E-state index in [0.29, 0.717) is 27.8 Å². The van der Waals surface area contributed by atoms with Crippen LogP contribution in [0.25, 0.3) is 0 Å². The molecule has 0 amide bonds. The highest BCUT2D eigenvalue weighted by molar-refractivity contribution is 7.90. The van der Waals surface area contributed by atoms with E-state index < -0.39 is 9.84 Å². The quantitative estimate of drug-likeness (QED) is 0.659. The number of benzene rings is 2. The average molecular weight is 481 g/mol. The summed E-state index contributed by atoms with van der Waals surface area (Å²) in [7, 11) is -1.03. The van der Waals surface area contributed by atoms with Gasteiger partial charge in [0.05, 0.1) is 10.9 Å². The summed E-state index contributed by atoms with van der Waals surface area (Å²) in [5.74, 6) is 1.34. The number of fused-ring (bicyclic) bond motifs is 2. The first-order valence-corrected chi connectivity index (χ1v) is 13.2. The topological polar surface area (TPSA) is 49.9 Å². The van der Waals surface area contributed by atoms with E-state index in [4.69, 9.17) is 27.9 Å². The number of ether oxygens (including phenoxy) is 1. The van der Waals surface area contributed by atoms with Gasteiger partial charge in [0.25, 0.3) is 0 Å². The second-order valence-electron chi connectivity index (χ2n) is 9.06. The smallest absolute Gasteiger partial charge is 0.175 e. The Morgan fingerprint density at radius 3 is 2.48 bits per heavy atom. The summed E-state index contributed by atoms with van der Waals surface area (Å²) in [6.45, 7) is 3.26. The third kappa shape index (κ3) is 3.98. The fourth-order valence-electron chi connectivity index (χ4n) is 5.47. The normalized spacial score (nSPS) is 28.6. The summed E-state index contributed by atoms with van der Waals surface area (Å²) >= 11 is 12.9. The molecule has 0 spiro atoms. The van der Waals surface area contributed by atoms with E-state index in [1.54, 1.807) is 30.3 Å². The van der Waals surface area contributed by atoms with Crippen LogP contribution in [0.2, 0.25) is 10.0 Å². The molecule has 0 bridgehead atoms. The van der Waals surface area contributed by atoms with Crippen LogP contribution in [-0.2, 0) is 16.3 Å². The van der Waals surface area contributed by atoms with Crippen LogP contribution in [0.4, 0.5) is 0 Å². The Hall–Kier alpha value is -1.31. The van der Waals surface area contributed by atoms with Gasteiger partial charge in [0.1, 0.15) is 11.9 Å². The van der Waals surface area contributed by atoms with Gasteiger partial charge in [0.2, 0.25) is 0 Å². The predicted molar refractivity (Wildman–Crippen MR) is 123 cm³/mol. The fourth-order valence-corrected chi connectivity index (χ4v) is 6.68. The molecule has 5 rings (SSSR count). The van der Waals surface area contributed by atoms with Crippen LogP contribution in [0.15, 0.2) is 41.3 Å². The Bertz CT molecular complexity index is 1110. The molecule has 2 aromatic carbocycles. The second-order valence-corrected chi connectivity index (χ2v) is 11.9. The van der Waals surface area contributed by atoms with Crippen molar-refractivity contribution >= 4 is 33.0 Å². The molecule has 0 N–H and O–H groups in total. The van der Waals surface area contributed by atoms with Gasteiger partial charge in [-0.05, 0) is 74.3 Å². The van der Waals surface area contributed by atoms with Gasteiger partial charge in [0.15, 0.2) is 9.84 Å².